The van der Waals surface area contributed by atoms with Crippen LogP contribution in [0.15, 0.2) is 170 Å². The van der Waals surface area contributed by atoms with Crippen LogP contribution in [0.4, 0.5) is 0 Å². The van der Waals surface area contributed by atoms with Gasteiger partial charge in [-0.05, 0) is 66.2 Å². The lowest BCUT2D eigenvalue weighted by atomic mass is 9.77. The number of rotatable bonds is 8. The molecule has 0 N–H and O–H groups in total. The van der Waals surface area contributed by atoms with Crippen molar-refractivity contribution in [2.24, 2.45) is 5.92 Å². The zero-order valence-corrected chi connectivity index (χ0v) is 30.5. The first kappa shape index (κ1) is 33.0. The summed E-state index contributed by atoms with van der Waals surface area (Å²) in [4.78, 5) is 25.3. The zero-order chi connectivity index (χ0) is 36.6. The highest BCUT2D eigenvalue weighted by Crippen LogP contribution is 2.55. The van der Waals surface area contributed by atoms with Gasteiger partial charge in [0.05, 0.1) is 11.4 Å². The van der Waals surface area contributed by atoms with E-state index in [4.69, 9.17) is 24.9 Å². The lowest BCUT2D eigenvalue weighted by Crippen LogP contribution is -2.19. The summed E-state index contributed by atoms with van der Waals surface area (Å²) in [7, 11) is 0. The van der Waals surface area contributed by atoms with Crippen molar-refractivity contribution in [2.75, 3.05) is 0 Å². The summed E-state index contributed by atoms with van der Waals surface area (Å²) in [6.07, 6.45) is 6.74. The van der Waals surface area contributed by atoms with Crippen LogP contribution in [0.5, 0.6) is 0 Å². The summed E-state index contributed by atoms with van der Waals surface area (Å²) in [6.45, 7) is 0. The molecule has 2 bridgehead atoms. The third kappa shape index (κ3) is 6.42. The monoisotopic (exact) mass is 709 g/mol. The SMILES string of the molecule is c1ccc(-c2nc(-c3ccc(-c4nc(-c5ccccc5)nc(-c5ccccc5-c5ccccc5)n4)cc3)cc(-c3ccc(C45CCC(CC4)C5)cc3)n2)cc1. The number of nitrogens with zero attached hydrogens (tertiary/aromatic N) is 5. The van der Waals surface area contributed by atoms with Crippen molar-refractivity contribution in [3.63, 3.8) is 0 Å². The highest BCUT2D eigenvalue weighted by atomic mass is 15.0. The van der Waals surface area contributed by atoms with Crippen molar-refractivity contribution in [3.8, 4) is 79.2 Å². The maximum absolute atomic E-state index is 5.11. The minimum Gasteiger partial charge on any atom is -0.228 e. The molecule has 0 atom stereocenters. The maximum Gasteiger partial charge on any atom is 0.164 e. The van der Waals surface area contributed by atoms with Crippen molar-refractivity contribution in [3.05, 3.63) is 175 Å². The fourth-order valence-corrected chi connectivity index (χ4v) is 8.73. The van der Waals surface area contributed by atoms with Crippen molar-refractivity contribution in [1.82, 2.24) is 24.9 Å². The molecule has 5 nitrogen and oxygen atoms in total. The molecule has 0 saturated heterocycles. The van der Waals surface area contributed by atoms with Crippen molar-refractivity contribution < 1.29 is 0 Å². The Hall–Kier alpha value is -6.59. The van der Waals surface area contributed by atoms with E-state index >= 15 is 0 Å². The number of hydrogen-bond acceptors (Lipinski definition) is 5. The molecule has 0 amide bonds. The Morgan fingerprint density at radius 1 is 0.364 bits per heavy atom. The second-order valence-corrected chi connectivity index (χ2v) is 15.0. The first-order valence-electron chi connectivity index (χ1n) is 19.3. The van der Waals surface area contributed by atoms with E-state index < -0.39 is 0 Å². The number of hydrogen-bond donors (Lipinski definition) is 0. The van der Waals surface area contributed by atoms with Gasteiger partial charge in [-0.2, -0.15) is 0 Å². The van der Waals surface area contributed by atoms with E-state index in [0.29, 0.717) is 28.7 Å². The predicted molar refractivity (Wildman–Crippen MR) is 222 cm³/mol. The lowest BCUT2D eigenvalue weighted by molar-refractivity contribution is 0.419. The van der Waals surface area contributed by atoms with E-state index in [-0.39, 0.29) is 0 Å². The molecule has 0 spiro atoms. The summed E-state index contributed by atoms with van der Waals surface area (Å²) in [6, 6.07) is 58.8. The molecule has 10 rings (SSSR count). The summed E-state index contributed by atoms with van der Waals surface area (Å²) in [5, 5.41) is 0. The van der Waals surface area contributed by atoms with Gasteiger partial charge in [0.2, 0.25) is 0 Å². The first-order chi connectivity index (χ1) is 27.2. The Kier molecular flexibility index (Phi) is 8.40. The fraction of sp³-hybridized carbons (Fsp3) is 0.140. The number of aromatic nitrogens is 5. The maximum atomic E-state index is 5.11. The van der Waals surface area contributed by atoms with E-state index in [0.717, 1.165) is 61.8 Å². The Morgan fingerprint density at radius 2 is 0.782 bits per heavy atom. The van der Waals surface area contributed by atoms with Crippen molar-refractivity contribution in [1.29, 1.82) is 0 Å². The molecule has 2 aliphatic rings. The highest BCUT2D eigenvalue weighted by molar-refractivity contribution is 5.82. The predicted octanol–water partition coefficient (Wildman–Crippen LogP) is 12.2. The molecule has 0 unspecified atom stereocenters. The molecule has 2 fully saturated rings. The molecular formula is C50H39N5. The largest absolute Gasteiger partial charge is 0.228 e. The highest BCUT2D eigenvalue weighted by Gasteiger charge is 2.45. The first-order valence-corrected chi connectivity index (χ1v) is 19.3. The van der Waals surface area contributed by atoms with Crippen LogP contribution in [0.3, 0.4) is 0 Å². The van der Waals surface area contributed by atoms with Gasteiger partial charge in [-0.1, -0.05) is 164 Å². The minimum atomic E-state index is 0.378. The molecule has 6 aromatic carbocycles. The quantitative estimate of drug-likeness (QED) is 0.157. The van der Waals surface area contributed by atoms with E-state index in [9.17, 15) is 0 Å². The van der Waals surface area contributed by atoms with Gasteiger partial charge in [0, 0.05) is 33.4 Å². The molecule has 2 saturated carbocycles. The van der Waals surface area contributed by atoms with Gasteiger partial charge in [0.25, 0.3) is 0 Å². The zero-order valence-electron chi connectivity index (χ0n) is 30.5. The molecule has 2 aliphatic carbocycles. The Morgan fingerprint density at radius 3 is 1.31 bits per heavy atom. The Bertz CT molecular complexity index is 2600. The van der Waals surface area contributed by atoms with Crippen LogP contribution in [0.1, 0.15) is 37.7 Å². The van der Waals surface area contributed by atoms with Crippen LogP contribution in [0.25, 0.3) is 79.2 Å². The van der Waals surface area contributed by atoms with Gasteiger partial charge in [-0.15, -0.1) is 0 Å². The Balaban J connectivity index is 1.04. The van der Waals surface area contributed by atoms with Crippen LogP contribution < -0.4 is 0 Å². The molecule has 2 heterocycles. The van der Waals surface area contributed by atoms with Gasteiger partial charge in [-0.25, -0.2) is 24.9 Å². The van der Waals surface area contributed by atoms with E-state index in [2.05, 4.69) is 109 Å². The summed E-state index contributed by atoms with van der Waals surface area (Å²) in [5.74, 6) is 3.50. The lowest BCUT2D eigenvalue weighted by Gasteiger charge is -2.27. The number of fused-ring (bicyclic) bond motifs is 2. The standard InChI is InChI=1S/C50H39N5/c1-4-12-35(13-5-1)42-18-10-11-19-43(42)49-54-47(39-16-8-3-9-17-39)53-48(55-49)40-22-20-36(21-23-40)44-32-45(52-46(51-44)38-14-6-2-7-15-38)37-24-26-41(27-25-37)50-30-28-34(33-50)29-31-50/h1-27,32,34H,28-31,33H2. The third-order valence-electron chi connectivity index (χ3n) is 11.7. The normalized spacial score (nSPS) is 17.3. The molecule has 264 valence electrons. The molecule has 0 radical (unpaired) electrons. The minimum absolute atomic E-state index is 0.378. The van der Waals surface area contributed by atoms with Gasteiger partial charge in [-0.3, -0.25) is 0 Å². The van der Waals surface area contributed by atoms with E-state index in [1.54, 1.807) is 0 Å². The summed E-state index contributed by atoms with van der Waals surface area (Å²) < 4.78 is 0. The average Bonchev–Trinajstić information content (AvgIpc) is 3.90. The van der Waals surface area contributed by atoms with Crippen LogP contribution >= 0.6 is 0 Å². The number of benzene rings is 6. The van der Waals surface area contributed by atoms with Crippen molar-refractivity contribution >= 4 is 0 Å². The smallest absolute Gasteiger partial charge is 0.164 e. The summed E-state index contributed by atoms with van der Waals surface area (Å²) >= 11 is 0. The van der Waals surface area contributed by atoms with Gasteiger partial charge >= 0.3 is 0 Å². The van der Waals surface area contributed by atoms with Crippen LogP contribution in [0.2, 0.25) is 0 Å². The van der Waals surface area contributed by atoms with Gasteiger partial charge in [0.15, 0.2) is 23.3 Å². The van der Waals surface area contributed by atoms with Crippen LogP contribution in [-0.4, -0.2) is 24.9 Å². The van der Waals surface area contributed by atoms with Gasteiger partial charge < -0.3 is 0 Å². The Labute approximate surface area is 321 Å². The third-order valence-corrected chi connectivity index (χ3v) is 11.7. The molecule has 0 aliphatic heterocycles. The molecule has 5 heteroatoms. The van der Waals surface area contributed by atoms with E-state index in [1.807, 2.05) is 60.7 Å². The topological polar surface area (TPSA) is 64.5 Å². The fourth-order valence-electron chi connectivity index (χ4n) is 8.73. The molecule has 2 aromatic heterocycles. The molecule has 8 aromatic rings. The van der Waals surface area contributed by atoms with E-state index in [1.165, 1.54) is 37.7 Å². The average molecular weight is 710 g/mol. The molecule has 55 heavy (non-hydrogen) atoms. The van der Waals surface area contributed by atoms with Crippen molar-refractivity contribution in [2.45, 2.75) is 37.5 Å². The van der Waals surface area contributed by atoms with Crippen LogP contribution in [0, 0.1) is 5.92 Å². The van der Waals surface area contributed by atoms with Crippen LogP contribution in [-0.2, 0) is 5.41 Å². The second kappa shape index (κ2) is 14.0. The second-order valence-electron chi connectivity index (χ2n) is 15.0. The molecular weight excluding hydrogens is 671 g/mol. The summed E-state index contributed by atoms with van der Waals surface area (Å²) in [5.41, 5.74) is 11.7. The van der Waals surface area contributed by atoms with Gasteiger partial charge in [0.1, 0.15) is 0 Å².